The fourth-order valence-electron chi connectivity index (χ4n) is 5.56. The second-order valence-electron chi connectivity index (χ2n) is 8.56. The first-order valence-electron chi connectivity index (χ1n) is 10.7. The van der Waals surface area contributed by atoms with E-state index in [1.807, 2.05) is 0 Å². The summed E-state index contributed by atoms with van der Waals surface area (Å²) in [6, 6.07) is 21.4. The first-order valence-corrected chi connectivity index (χ1v) is 15.8. The number of unbranched alkanes of at least 4 members (excludes halogenated alkanes) is 1. The smallest absolute Gasteiger partial charge is 1.00 e. The van der Waals surface area contributed by atoms with Crippen molar-refractivity contribution in [3.63, 3.8) is 0 Å². The molecule has 1 atom stereocenters. The Morgan fingerprint density at radius 2 is 1.79 bits per heavy atom. The summed E-state index contributed by atoms with van der Waals surface area (Å²) in [4.78, 5) is 0. The fraction of sp³-hybridized carbons (Fsp3) is 0.360. The summed E-state index contributed by atoms with van der Waals surface area (Å²) in [6.45, 7) is 2.37. The first kappa shape index (κ1) is 23.3. The molecule has 0 saturated carbocycles. The third kappa shape index (κ3) is 4.08. The van der Waals surface area contributed by atoms with Crippen LogP contribution in [0.3, 0.4) is 0 Å². The SMILES string of the molecule is CCCC[Si]1(C2c3ccccc3-c3ccc[c]([Zr+2][C]4=CC=CC4)c32)CCC1.[Cl-].[Cl-]. The molecular weight excluding hydrogens is 490 g/mol. The van der Waals surface area contributed by atoms with Crippen LogP contribution >= 0.6 is 0 Å². The zero-order chi connectivity index (χ0) is 18.3. The van der Waals surface area contributed by atoms with Gasteiger partial charge >= 0.3 is 177 Å². The Bertz CT molecular complexity index is 930. The summed E-state index contributed by atoms with van der Waals surface area (Å²) in [5.74, 6) is 0. The van der Waals surface area contributed by atoms with E-state index in [2.05, 4.69) is 67.6 Å². The number of allylic oxidation sites excluding steroid dienone is 4. The Kier molecular flexibility index (Phi) is 7.88. The van der Waals surface area contributed by atoms with Gasteiger partial charge in [-0.05, 0) is 0 Å². The van der Waals surface area contributed by atoms with E-state index in [0.29, 0.717) is 0 Å². The van der Waals surface area contributed by atoms with Crippen molar-refractivity contribution in [1.82, 2.24) is 0 Å². The van der Waals surface area contributed by atoms with Crippen LogP contribution in [0.25, 0.3) is 11.1 Å². The monoisotopic (exact) mass is 516 g/mol. The normalized spacial score (nSPS) is 19.8. The van der Waals surface area contributed by atoms with Gasteiger partial charge in [0.25, 0.3) is 0 Å². The van der Waals surface area contributed by atoms with E-state index in [0.717, 1.165) is 5.54 Å². The van der Waals surface area contributed by atoms with Gasteiger partial charge in [0.2, 0.25) is 0 Å². The van der Waals surface area contributed by atoms with E-state index >= 15 is 0 Å². The molecule has 1 heterocycles. The second kappa shape index (κ2) is 9.82. The number of hydrogen-bond donors (Lipinski definition) is 0. The molecule has 1 aliphatic heterocycles. The predicted molar refractivity (Wildman–Crippen MR) is 115 cm³/mol. The minimum atomic E-state index is -1.23. The zero-order valence-corrected chi connectivity index (χ0v) is 22.0. The Morgan fingerprint density at radius 1 is 1.00 bits per heavy atom. The first-order chi connectivity index (χ1) is 13.3. The van der Waals surface area contributed by atoms with Gasteiger partial charge in [-0.15, -0.1) is 0 Å². The minimum absolute atomic E-state index is 0. The summed E-state index contributed by atoms with van der Waals surface area (Å²) >= 11 is -0.675. The van der Waals surface area contributed by atoms with Gasteiger partial charge in [-0.1, -0.05) is 0 Å². The second-order valence-corrected chi connectivity index (χ2v) is 16.9. The molecule has 0 bridgehead atoms. The summed E-state index contributed by atoms with van der Waals surface area (Å²) in [5, 5.41) is 0. The molecule has 5 rings (SSSR count). The number of halogens is 2. The van der Waals surface area contributed by atoms with Gasteiger partial charge < -0.3 is 24.8 Å². The van der Waals surface area contributed by atoms with Crippen LogP contribution in [0.5, 0.6) is 0 Å². The Balaban J connectivity index is 0.00000120. The van der Waals surface area contributed by atoms with E-state index in [-0.39, 0.29) is 24.8 Å². The van der Waals surface area contributed by atoms with Gasteiger partial charge in [-0.2, -0.15) is 0 Å². The van der Waals surface area contributed by atoms with Gasteiger partial charge in [-0.3, -0.25) is 0 Å². The van der Waals surface area contributed by atoms with Gasteiger partial charge in [0.05, 0.1) is 0 Å². The number of benzene rings is 2. The molecule has 1 unspecified atom stereocenters. The van der Waals surface area contributed by atoms with Crippen LogP contribution in [0.1, 0.15) is 49.3 Å². The quantitative estimate of drug-likeness (QED) is 0.490. The van der Waals surface area contributed by atoms with Crippen LogP contribution in [0.4, 0.5) is 0 Å². The molecule has 0 nitrogen and oxygen atoms in total. The van der Waals surface area contributed by atoms with E-state index in [9.17, 15) is 0 Å². The Labute approximate surface area is 200 Å². The average Bonchev–Trinajstić information content (AvgIpc) is 3.29. The number of rotatable bonds is 6. The molecule has 3 aliphatic rings. The van der Waals surface area contributed by atoms with E-state index in [1.165, 1.54) is 25.7 Å². The van der Waals surface area contributed by atoms with Crippen molar-refractivity contribution in [2.75, 3.05) is 0 Å². The van der Waals surface area contributed by atoms with E-state index in [1.54, 1.807) is 46.9 Å². The molecule has 1 fully saturated rings. The van der Waals surface area contributed by atoms with Crippen LogP contribution < -0.4 is 28.1 Å². The van der Waals surface area contributed by atoms with Crippen molar-refractivity contribution in [1.29, 1.82) is 0 Å². The molecule has 2 aromatic rings. The third-order valence-corrected chi connectivity index (χ3v) is 16.3. The molecule has 0 aromatic heterocycles. The molecule has 1 saturated heterocycles. The van der Waals surface area contributed by atoms with Crippen molar-refractivity contribution in [2.45, 2.75) is 56.3 Å². The summed E-state index contributed by atoms with van der Waals surface area (Å²) in [6.07, 6.45) is 12.5. The Hall–Kier alpha value is -0.400. The molecule has 0 spiro atoms. The van der Waals surface area contributed by atoms with Gasteiger partial charge in [0.15, 0.2) is 0 Å². The van der Waals surface area contributed by atoms with Crippen molar-refractivity contribution < 1.29 is 48.0 Å². The van der Waals surface area contributed by atoms with Crippen LogP contribution in [-0.4, -0.2) is 8.07 Å². The maximum atomic E-state index is 2.50. The number of fused-ring (bicyclic) bond motifs is 3. The molecule has 150 valence electrons. The van der Waals surface area contributed by atoms with Crippen LogP contribution in [0.15, 0.2) is 64.0 Å². The van der Waals surface area contributed by atoms with Crippen LogP contribution in [0, 0.1) is 0 Å². The van der Waals surface area contributed by atoms with Crippen molar-refractivity contribution in [3.05, 3.63) is 75.1 Å². The molecule has 29 heavy (non-hydrogen) atoms. The van der Waals surface area contributed by atoms with Crippen molar-refractivity contribution in [2.24, 2.45) is 0 Å². The van der Waals surface area contributed by atoms with Gasteiger partial charge in [0, 0.05) is 0 Å². The van der Waals surface area contributed by atoms with Crippen LogP contribution in [-0.2, 0) is 23.2 Å². The maximum Gasteiger partial charge on any atom is -1.00 e. The predicted octanol–water partition coefficient (Wildman–Crippen LogP) is 0.550. The molecule has 0 radical (unpaired) electrons. The van der Waals surface area contributed by atoms with E-state index in [4.69, 9.17) is 0 Å². The molecule has 2 aromatic carbocycles. The summed E-state index contributed by atoms with van der Waals surface area (Å²) in [7, 11) is -1.23. The van der Waals surface area contributed by atoms with Crippen LogP contribution in [0.2, 0.25) is 18.1 Å². The van der Waals surface area contributed by atoms with Crippen molar-refractivity contribution in [3.8, 4) is 11.1 Å². The van der Waals surface area contributed by atoms with E-state index < -0.39 is 31.3 Å². The summed E-state index contributed by atoms with van der Waals surface area (Å²) in [5.41, 5.74) is 7.44. The topological polar surface area (TPSA) is 0 Å². The standard InChI is InChI=1S/C20H23Si.C5H5.2ClH.Zr/c1-2-3-13-21(14-8-15-21)20-18-11-6-4-9-16(18)17-10-5-7-12-19(17)20;1-2-4-5-3-1;;;/h4-7,9-11,20H,2-3,8,13-15H2,1H3;1-3H,4H2;2*1H;/q;;;;+2/p-2. The molecule has 4 heteroatoms. The zero-order valence-electron chi connectivity index (χ0n) is 17.1. The molecule has 0 amide bonds. The summed E-state index contributed by atoms with van der Waals surface area (Å²) < 4.78 is 3.53. The molecule has 0 N–H and O–H groups in total. The Morgan fingerprint density at radius 3 is 2.48 bits per heavy atom. The third-order valence-electron chi connectivity index (χ3n) is 7.01. The average molecular weight is 519 g/mol. The number of hydrogen-bond acceptors (Lipinski definition) is 0. The molecule has 2 aliphatic carbocycles. The minimum Gasteiger partial charge on any atom is -1.00 e. The largest absolute Gasteiger partial charge is 1.00 e. The van der Waals surface area contributed by atoms with Gasteiger partial charge in [-0.25, -0.2) is 0 Å². The van der Waals surface area contributed by atoms with Crippen molar-refractivity contribution >= 4 is 11.3 Å². The molecular formula is C25H28Cl2SiZr. The maximum absolute atomic E-state index is 2.50. The van der Waals surface area contributed by atoms with Gasteiger partial charge in [0.1, 0.15) is 0 Å². The fourth-order valence-corrected chi connectivity index (χ4v) is 14.7.